The van der Waals surface area contributed by atoms with E-state index in [-0.39, 0.29) is 12.5 Å². The average molecular weight is 282 g/mol. The summed E-state index contributed by atoms with van der Waals surface area (Å²) in [6.07, 6.45) is 0.995. The van der Waals surface area contributed by atoms with E-state index in [1.54, 1.807) is 20.1 Å². The number of hydrogen-bond acceptors (Lipinski definition) is 7. The molecule has 0 aromatic carbocycles. The van der Waals surface area contributed by atoms with Crippen LogP contribution in [0.2, 0.25) is 0 Å². The molecule has 0 aliphatic carbocycles. The largest absolute Gasteiger partial charge is 0.465 e. The molecule has 0 saturated carbocycles. The number of nitrogens with zero attached hydrogens (tertiary/aromatic N) is 2. The first-order valence-electron chi connectivity index (χ1n) is 6.69. The average Bonchev–Trinajstić information content (AvgIpc) is 2.43. The van der Waals surface area contributed by atoms with E-state index in [0.29, 0.717) is 30.7 Å². The molecule has 0 aliphatic heterocycles. The van der Waals surface area contributed by atoms with Gasteiger partial charge in [0.25, 0.3) is 0 Å². The van der Waals surface area contributed by atoms with E-state index in [1.807, 2.05) is 0 Å². The summed E-state index contributed by atoms with van der Waals surface area (Å²) < 4.78 is 9.89. The van der Waals surface area contributed by atoms with Crippen LogP contribution in [0.25, 0.3) is 0 Å². The smallest absolute Gasteiger partial charge is 0.325 e. The standard InChI is InChI=1S/C13H22N4O3/c1-4-6-14-10-7-11(15-8-13(18)20-5-2)17-12(16-10)9-19-3/h7H,4-6,8-9H2,1-3H3,(H2,14,15,16,17). The number of aromatic nitrogens is 2. The second kappa shape index (κ2) is 9.08. The summed E-state index contributed by atoms with van der Waals surface area (Å²) in [6, 6.07) is 1.76. The summed E-state index contributed by atoms with van der Waals surface area (Å²) in [7, 11) is 1.58. The fraction of sp³-hybridized carbons (Fsp3) is 0.615. The molecule has 0 amide bonds. The van der Waals surface area contributed by atoms with E-state index in [4.69, 9.17) is 9.47 Å². The van der Waals surface area contributed by atoms with Crippen LogP contribution in [0.4, 0.5) is 11.6 Å². The number of hydrogen-bond donors (Lipinski definition) is 2. The molecule has 0 radical (unpaired) electrons. The monoisotopic (exact) mass is 282 g/mol. The molecule has 7 heteroatoms. The van der Waals surface area contributed by atoms with Gasteiger partial charge in [-0.2, -0.15) is 0 Å². The quantitative estimate of drug-likeness (QED) is 0.662. The zero-order valence-corrected chi connectivity index (χ0v) is 12.2. The Morgan fingerprint density at radius 2 is 1.95 bits per heavy atom. The van der Waals surface area contributed by atoms with Gasteiger partial charge >= 0.3 is 5.97 Å². The summed E-state index contributed by atoms with van der Waals surface area (Å²) in [5.74, 6) is 1.52. The molecule has 20 heavy (non-hydrogen) atoms. The fourth-order valence-electron chi connectivity index (χ4n) is 1.50. The summed E-state index contributed by atoms with van der Waals surface area (Å²) in [5, 5.41) is 6.11. The number of carbonyl (C=O) groups is 1. The van der Waals surface area contributed by atoms with Gasteiger partial charge in [-0.05, 0) is 13.3 Å². The van der Waals surface area contributed by atoms with Gasteiger partial charge in [-0.25, -0.2) is 9.97 Å². The number of anilines is 2. The molecule has 0 spiro atoms. The Balaban J connectivity index is 2.71. The summed E-state index contributed by atoms with van der Waals surface area (Å²) >= 11 is 0. The third kappa shape index (κ3) is 5.83. The van der Waals surface area contributed by atoms with Gasteiger partial charge in [0.1, 0.15) is 24.8 Å². The highest BCUT2D eigenvalue weighted by Gasteiger charge is 2.06. The minimum absolute atomic E-state index is 0.0739. The molecule has 0 unspecified atom stereocenters. The normalized spacial score (nSPS) is 10.2. The van der Waals surface area contributed by atoms with E-state index < -0.39 is 0 Å². The van der Waals surface area contributed by atoms with Crippen molar-refractivity contribution in [1.82, 2.24) is 9.97 Å². The molecule has 1 rings (SSSR count). The van der Waals surface area contributed by atoms with Crippen LogP contribution in [0, 0.1) is 0 Å². The van der Waals surface area contributed by atoms with E-state index >= 15 is 0 Å². The third-order valence-corrected chi connectivity index (χ3v) is 2.32. The maximum atomic E-state index is 11.3. The number of ether oxygens (including phenoxy) is 2. The number of carbonyl (C=O) groups excluding carboxylic acids is 1. The predicted octanol–water partition coefficient (Wildman–Crippen LogP) is 1.42. The maximum absolute atomic E-state index is 11.3. The molecule has 7 nitrogen and oxygen atoms in total. The Morgan fingerprint density at radius 1 is 1.25 bits per heavy atom. The van der Waals surface area contributed by atoms with Gasteiger partial charge in [-0.1, -0.05) is 6.92 Å². The van der Waals surface area contributed by atoms with Gasteiger partial charge in [0.05, 0.1) is 6.61 Å². The zero-order valence-electron chi connectivity index (χ0n) is 12.2. The highest BCUT2D eigenvalue weighted by molar-refractivity contribution is 5.74. The van der Waals surface area contributed by atoms with E-state index in [2.05, 4.69) is 27.5 Å². The van der Waals surface area contributed by atoms with Gasteiger partial charge in [-0.15, -0.1) is 0 Å². The Morgan fingerprint density at radius 3 is 2.55 bits per heavy atom. The van der Waals surface area contributed by atoms with Crippen LogP contribution >= 0.6 is 0 Å². The second-order valence-electron chi connectivity index (χ2n) is 4.07. The Labute approximate surface area is 119 Å². The van der Waals surface area contributed by atoms with Crippen molar-refractivity contribution in [2.45, 2.75) is 26.9 Å². The van der Waals surface area contributed by atoms with E-state index in [9.17, 15) is 4.79 Å². The topological polar surface area (TPSA) is 85.4 Å². The molecule has 0 aliphatic rings. The lowest BCUT2D eigenvalue weighted by Gasteiger charge is -2.10. The van der Waals surface area contributed by atoms with Gasteiger partial charge in [0.2, 0.25) is 0 Å². The number of esters is 1. The van der Waals surface area contributed by atoms with Crippen LogP contribution in [-0.4, -0.2) is 42.7 Å². The zero-order chi connectivity index (χ0) is 14.8. The lowest BCUT2D eigenvalue weighted by Crippen LogP contribution is -2.18. The minimum Gasteiger partial charge on any atom is -0.465 e. The molecule has 0 bridgehead atoms. The van der Waals surface area contributed by atoms with Crippen molar-refractivity contribution in [1.29, 1.82) is 0 Å². The molecule has 0 atom stereocenters. The van der Waals surface area contributed by atoms with Gasteiger partial charge < -0.3 is 20.1 Å². The molecular weight excluding hydrogens is 260 g/mol. The number of rotatable bonds is 9. The van der Waals surface area contributed by atoms with E-state index in [1.165, 1.54) is 0 Å². The van der Waals surface area contributed by atoms with Crippen LogP contribution in [0.15, 0.2) is 6.07 Å². The van der Waals surface area contributed by atoms with Gasteiger partial charge in [-0.3, -0.25) is 4.79 Å². The molecule has 1 heterocycles. The minimum atomic E-state index is -0.317. The Bertz CT molecular complexity index is 426. The SMILES string of the molecule is CCCNc1cc(NCC(=O)OCC)nc(COC)n1. The van der Waals surface area contributed by atoms with Crippen molar-refractivity contribution in [2.75, 3.05) is 37.4 Å². The lowest BCUT2D eigenvalue weighted by molar-refractivity contribution is -0.140. The maximum Gasteiger partial charge on any atom is 0.325 e. The molecule has 112 valence electrons. The van der Waals surface area contributed by atoms with Crippen LogP contribution in [0.1, 0.15) is 26.1 Å². The van der Waals surface area contributed by atoms with Crippen molar-refractivity contribution >= 4 is 17.6 Å². The summed E-state index contributed by atoms with van der Waals surface area (Å²) in [4.78, 5) is 19.9. The van der Waals surface area contributed by atoms with Crippen LogP contribution in [-0.2, 0) is 20.9 Å². The first-order chi connectivity index (χ1) is 9.69. The van der Waals surface area contributed by atoms with Crippen molar-refractivity contribution < 1.29 is 14.3 Å². The Kier molecular flexibility index (Phi) is 7.34. The Hall–Kier alpha value is -1.89. The number of nitrogens with one attached hydrogen (secondary N) is 2. The summed E-state index contributed by atoms with van der Waals surface area (Å²) in [5.41, 5.74) is 0. The second-order valence-corrected chi connectivity index (χ2v) is 4.07. The van der Waals surface area contributed by atoms with Crippen molar-refractivity contribution in [2.24, 2.45) is 0 Å². The van der Waals surface area contributed by atoms with Crippen molar-refractivity contribution in [3.05, 3.63) is 11.9 Å². The van der Waals surface area contributed by atoms with Crippen LogP contribution in [0.3, 0.4) is 0 Å². The highest BCUT2D eigenvalue weighted by atomic mass is 16.5. The molecule has 1 aromatic rings. The van der Waals surface area contributed by atoms with Crippen LogP contribution < -0.4 is 10.6 Å². The first-order valence-corrected chi connectivity index (χ1v) is 6.69. The molecule has 0 saturated heterocycles. The predicted molar refractivity (Wildman–Crippen MR) is 76.6 cm³/mol. The summed E-state index contributed by atoms with van der Waals surface area (Å²) in [6.45, 7) is 5.42. The first kappa shape index (κ1) is 16.2. The fourth-order valence-corrected chi connectivity index (χ4v) is 1.50. The van der Waals surface area contributed by atoms with E-state index in [0.717, 1.165) is 13.0 Å². The number of methoxy groups -OCH3 is 1. The van der Waals surface area contributed by atoms with Crippen LogP contribution in [0.5, 0.6) is 0 Å². The van der Waals surface area contributed by atoms with Gasteiger partial charge in [0, 0.05) is 19.7 Å². The molecule has 0 fully saturated rings. The highest BCUT2D eigenvalue weighted by Crippen LogP contribution is 2.12. The third-order valence-electron chi connectivity index (χ3n) is 2.32. The molecular formula is C13H22N4O3. The van der Waals surface area contributed by atoms with Crippen molar-refractivity contribution in [3.8, 4) is 0 Å². The molecule has 2 N–H and O–H groups in total. The van der Waals surface area contributed by atoms with Crippen molar-refractivity contribution in [3.63, 3.8) is 0 Å². The van der Waals surface area contributed by atoms with Gasteiger partial charge in [0.15, 0.2) is 5.82 Å². The lowest BCUT2D eigenvalue weighted by atomic mass is 10.4. The molecule has 1 aromatic heterocycles.